The standard InChI is InChI=1S/C20H18N2O3/c1-4-22-17(13-6-5-7-21-10-13)16-18(23)14-8-11(2)12(3)9-15(14)25-19(16)20(22)24/h5-10,17H,4H2,1-3H3. The van der Waals surface area contributed by atoms with Gasteiger partial charge in [0.25, 0.3) is 5.91 Å². The van der Waals surface area contributed by atoms with E-state index in [-0.39, 0.29) is 17.1 Å². The smallest absolute Gasteiger partial charge is 0.290 e. The molecule has 1 aliphatic rings. The fourth-order valence-electron chi connectivity index (χ4n) is 3.49. The van der Waals surface area contributed by atoms with Gasteiger partial charge in [-0.1, -0.05) is 6.07 Å². The molecule has 0 saturated carbocycles. The summed E-state index contributed by atoms with van der Waals surface area (Å²) in [5.74, 6) is -0.0972. The number of aromatic nitrogens is 1. The van der Waals surface area contributed by atoms with Crippen molar-refractivity contribution in [2.75, 3.05) is 6.54 Å². The number of aryl methyl sites for hydroxylation is 2. The minimum atomic E-state index is -0.455. The maximum atomic E-state index is 13.2. The zero-order valence-corrected chi connectivity index (χ0v) is 14.4. The lowest BCUT2D eigenvalue weighted by Crippen LogP contribution is -2.29. The van der Waals surface area contributed by atoms with Crippen LogP contribution in [0, 0.1) is 13.8 Å². The zero-order chi connectivity index (χ0) is 17.7. The van der Waals surface area contributed by atoms with E-state index in [0.29, 0.717) is 23.1 Å². The molecule has 1 aliphatic heterocycles. The van der Waals surface area contributed by atoms with Crippen LogP contribution in [0.25, 0.3) is 11.0 Å². The van der Waals surface area contributed by atoms with Gasteiger partial charge in [0, 0.05) is 18.9 Å². The number of rotatable bonds is 2. The molecule has 0 aliphatic carbocycles. The summed E-state index contributed by atoms with van der Waals surface area (Å²) in [5, 5.41) is 0.515. The van der Waals surface area contributed by atoms with E-state index in [1.807, 2.05) is 45.0 Å². The molecule has 3 heterocycles. The molecular weight excluding hydrogens is 316 g/mol. The molecule has 1 aromatic carbocycles. The van der Waals surface area contributed by atoms with Gasteiger partial charge in [0.1, 0.15) is 5.58 Å². The first-order valence-electron chi connectivity index (χ1n) is 8.31. The molecule has 5 heteroatoms. The number of carbonyl (C=O) groups is 1. The maximum Gasteiger partial charge on any atom is 0.290 e. The van der Waals surface area contributed by atoms with Crippen LogP contribution in [0.1, 0.15) is 45.8 Å². The van der Waals surface area contributed by atoms with Crippen LogP contribution in [0.5, 0.6) is 0 Å². The van der Waals surface area contributed by atoms with Crippen molar-refractivity contribution in [2.24, 2.45) is 0 Å². The van der Waals surface area contributed by atoms with Gasteiger partial charge in [-0.05, 0) is 55.7 Å². The molecular formula is C20H18N2O3. The number of benzene rings is 1. The number of hydrogen-bond acceptors (Lipinski definition) is 4. The van der Waals surface area contributed by atoms with E-state index in [1.54, 1.807) is 17.3 Å². The molecule has 0 fully saturated rings. The molecule has 0 bridgehead atoms. The highest BCUT2D eigenvalue weighted by atomic mass is 16.3. The molecule has 1 atom stereocenters. The van der Waals surface area contributed by atoms with Crippen molar-refractivity contribution in [1.29, 1.82) is 0 Å². The highest BCUT2D eigenvalue weighted by Crippen LogP contribution is 2.37. The van der Waals surface area contributed by atoms with Gasteiger partial charge in [0.15, 0.2) is 5.43 Å². The molecule has 4 rings (SSSR count). The van der Waals surface area contributed by atoms with Crippen molar-refractivity contribution in [2.45, 2.75) is 26.8 Å². The SMILES string of the molecule is CCN1C(=O)c2oc3cc(C)c(C)cc3c(=O)c2C1c1cccnc1. The van der Waals surface area contributed by atoms with Crippen molar-refractivity contribution >= 4 is 16.9 Å². The normalized spacial score (nSPS) is 16.5. The Hall–Kier alpha value is -2.95. The first-order chi connectivity index (χ1) is 12.0. The minimum Gasteiger partial charge on any atom is -0.450 e. The van der Waals surface area contributed by atoms with Gasteiger partial charge in [-0.3, -0.25) is 14.6 Å². The second-order valence-electron chi connectivity index (χ2n) is 6.39. The molecule has 126 valence electrons. The Morgan fingerprint density at radius 3 is 2.64 bits per heavy atom. The predicted octanol–water partition coefficient (Wildman–Crippen LogP) is 3.37. The minimum absolute atomic E-state index is 0.141. The average molecular weight is 334 g/mol. The lowest BCUT2D eigenvalue weighted by molar-refractivity contribution is 0.0737. The molecule has 2 aromatic heterocycles. The third kappa shape index (κ3) is 2.19. The molecule has 0 radical (unpaired) electrons. The Bertz CT molecular complexity index is 1050. The van der Waals surface area contributed by atoms with Crippen molar-refractivity contribution in [3.63, 3.8) is 0 Å². The summed E-state index contributed by atoms with van der Waals surface area (Å²) in [5.41, 5.74) is 3.59. The van der Waals surface area contributed by atoms with Gasteiger partial charge in [0.2, 0.25) is 5.76 Å². The number of carbonyl (C=O) groups excluding carboxylic acids is 1. The fourth-order valence-corrected chi connectivity index (χ4v) is 3.49. The Labute approximate surface area is 144 Å². The van der Waals surface area contributed by atoms with Gasteiger partial charge >= 0.3 is 0 Å². The Balaban J connectivity index is 2.06. The van der Waals surface area contributed by atoms with Gasteiger partial charge in [0.05, 0.1) is 17.0 Å². The second-order valence-corrected chi connectivity index (χ2v) is 6.39. The third-order valence-electron chi connectivity index (χ3n) is 4.92. The van der Waals surface area contributed by atoms with Crippen LogP contribution in [0.2, 0.25) is 0 Å². The van der Waals surface area contributed by atoms with Gasteiger partial charge in [-0.2, -0.15) is 0 Å². The lowest BCUT2D eigenvalue weighted by Gasteiger charge is -2.22. The van der Waals surface area contributed by atoms with Crippen molar-refractivity contribution in [1.82, 2.24) is 9.88 Å². The number of pyridine rings is 1. The van der Waals surface area contributed by atoms with Crippen LogP contribution in [0.15, 0.2) is 45.9 Å². The summed E-state index contributed by atoms with van der Waals surface area (Å²) in [6.07, 6.45) is 3.37. The molecule has 1 amide bonds. The highest BCUT2D eigenvalue weighted by Gasteiger charge is 2.42. The Morgan fingerprint density at radius 1 is 1.20 bits per heavy atom. The zero-order valence-electron chi connectivity index (χ0n) is 14.4. The third-order valence-corrected chi connectivity index (χ3v) is 4.92. The summed E-state index contributed by atoms with van der Waals surface area (Å²) in [6, 6.07) is 6.90. The van der Waals surface area contributed by atoms with E-state index in [9.17, 15) is 9.59 Å². The monoisotopic (exact) mass is 334 g/mol. The average Bonchev–Trinajstić information content (AvgIpc) is 2.90. The van der Waals surface area contributed by atoms with E-state index in [2.05, 4.69) is 4.98 Å². The van der Waals surface area contributed by atoms with Crippen LogP contribution in [0.3, 0.4) is 0 Å². The Morgan fingerprint density at radius 2 is 1.96 bits per heavy atom. The molecule has 0 spiro atoms. The summed E-state index contributed by atoms with van der Waals surface area (Å²) in [4.78, 5) is 31.8. The quantitative estimate of drug-likeness (QED) is 0.721. The van der Waals surface area contributed by atoms with Crippen molar-refractivity contribution in [3.05, 3.63) is 74.9 Å². The molecule has 25 heavy (non-hydrogen) atoms. The van der Waals surface area contributed by atoms with Crippen LogP contribution in [-0.2, 0) is 0 Å². The number of amides is 1. The molecule has 0 N–H and O–H groups in total. The molecule has 3 aromatic rings. The number of nitrogens with zero attached hydrogens (tertiary/aromatic N) is 2. The largest absolute Gasteiger partial charge is 0.450 e. The van der Waals surface area contributed by atoms with E-state index in [0.717, 1.165) is 16.7 Å². The summed E-state index contributed by atoms with van der Waals surface area (Å²) >= 11 is 0. The maximum absolute atomic E-state index is 13.2. The molecule has 5 nitrogen and oxygen atoms in total. The topological polar surface area (TPSA) is 63.4 Å². The van der Waals surface area contributed by atoms with Crippen LogP contribution >= 0.6 is 0 Å². The van der Waals surface area contributed by atoms with E-state index >= 15 is 0 Å². The molecule has 0 saturated heterocycles. The highest BCUT2D eigenvalue weighted by molar-refractivity contribution is 5.99. The van der Waals surface area contributed by atoms with Gasteiger partial charge < -0.3 is 9.32 Å². The van der Waals surface area contributed by atoms with Gasteiger partial charge in [-0.15, -0.1) is 0 Å². The Kier molecular flexibility index (Phi) is 3.46. The van der Waals surface area contributed by atoms with E-state index < -0.39 is 6.04 Å². The van der Waals surface area contributed by atoms with Gasteiger partial charge in [-0.25, -0.2) is 0 Å². The lowest BCUT2D eigenvalue weighted by atomic mass is 9.98. The summed E-state index contributed by atoms with van der Waals surface area (Å²) < 4.78 is 5.91. The second kappa shape index (κ2) is 5.55. The van der Waals surface area contributed by atoms with Crippen LogP contribution in [-0.4, -0.2) is 22.3 Å². The fraction of sp³-hybridized carbons (Fsp3) is 0.250. The predicted molar refractivity (Wildman–Crippen MR) is 94.7 cm³/mol. The van der Waals surface area contributed by atoms with Crippen molar-refractivity contribution in [3.8, 4) is 0 Å². The summed E-state index contributed by atoms with van der Waals surface area (Å²) in [7, 11) is 0. The summed E-state index contributed by atoms with van der Waals surface area (Å²) in [6.45, 7) is 6.30. The van der Waals surface area contributed by atoms with E-state index in [4.69, 9.17) is 4.42 Å². The molecule has 1 unspecified atom stereocenters. The van der Waals surface area contributed by atoms with Crippen LogP contribution in [0.4, 0.5) is 0 Å². The van der Waals surface area contributed by atoms with Crippen molar-refractivity contribution < 1.29 is 9.21 Å². The first kappa shape index (κ1) is 15.6. The first-order valence-corrected chi connectivity index (χ1v) is 8.31. The number of fused-ring (bicyclic) bond motifs is 2. The van der Waals surface area contributed by atoms with E-state index in [1.165, 1.54) is 0 Å². The van der Waals surface area contributed by atoms with Crippen LogP contribution < -0.4 is 5.43 Å². The number of hydrogen-bond donors (Lipinski definition) is 0.